The molecule has 1 saturated heterocycles. The number of hydrogen-bond donors (Lipinski definition) is 0. The molecule has 0 amide bonds. The molecule has 0 atom stereocenters. The Labute approximate surface area is 180 Å². The van der Waals surface area contributed by atoms with E-state index >= 15 is 0 Å². The van der Waals surface area contributed by atoms with E-state index in [4.69, 9.17) is 9.31 Å². The highest BCUT2D eigenvalue weighted by Gasteiger charge is 2.52. The first kappa shape index (κ1) is 18.4. The molecular weight excluding hydrogens is 387 g/mol. The number of hydrogen-bond acceptors (Lipinski definition) is 3. The minimum absolute atomic E-state index is 0.360. The van der Waals surface area contributed by atoms with Crippen molar-refractivity contribution in [2.24, 2.45) is 0 Å². The van der Waals surface area contributed by atoms with Gasteiger partial charge in [-0.15, -0.1) is 11.3 Å². The Morgan fingerprint density at radius 3 is 1.97 bits per heavy atom. The minimum Gasteiger partial charge on any atom is -0.399 e. The van der Waals surface area contributed by atoms with Crippen molar-refractivity contribution >= 4 is 65.6 Å². The Hall–Kier alpha value is -2.40. The highest BCUT2D eigenvalue weighted by molar-refractivity contribution is 7.26. The third-order valence-electron chi connectivity index (χ3n) is 6.88. The first-order chi connectivity index (χ1) is 14.3. The molecule has 148 valence electrons. The number of benzene rings is 4. The molecule has 0 aliphatic carbocycles. The van der Waals surface area contributed by atoms with Gasteiger partial charge in [0.25, 0.3) is 0 Å². The van der Waals surface area contributed by atoms with Crippen molar-refractivity contribution in [1.29, 1.82) is 0 Å². The second-order valence-corrected chi connectivity index (χ2v) is 10.3. The van der Waals surface area contributed by atoms with Crippen molar-refractivity contribution in [3.63, 3.8) is 0 Å². The number of thiophene rings is 1. The van der Waals surface area contributed by atoms with E-state index in [-0.39, 0.29) is 18.3 Å². The van der Waals surface area contributed by atoms with E-state index in [9.17, 15) is 0 Å². The molecule has 6 rings (SSSR count). The summed E-state index contributed by atoms with van der Waals surface area (Å²) in [6, 6.07) is 24.2. The molecule has 0 N–H and O–H groups in total. The highest BCUT2D eigenvalue weighted by Crippen LogP contribution is 2.41. The molecular formula is C26H23BO2S. The van der Waals surface area contributed by atoms with Crippen LogP contribution in [0, 0.1) is 0 Å². The molecule has 0 bridgehead atoms. The van der Waals surface area contributed by atoms with E-state index in [2.05, 4.69) is 94.4 Å². The van der Waals surface area contributed by atoms with Crippen LogP contribution in [0.4, 0.5) is 0 Å². The molecule has 0 spiro atoms. The minimum atomic E-state index is -0.375. The summed E-state index contributed by atoms with van der Waals surface area (Å²) >= 11 is 1.88. The summed E-state index contributed by atoms with van der Waals surface area (Å²) < 4.78 is 15.5. The molecule has 0 saturated carbocycles. The molecule has 1 aliphatic rings. The zero-order valence-corrected chi connectivity index (χ0v) is 18.5. The summed E-state index contributed by atoms with van der Waals surface area (Å²) in [5.74, 6) is 0. The average Bonchev–Trinajstić information content (AvgIpc) is 3.18. The maximum atomic E-state index is 6.45. The molecule has 1 aromatic heterocycles. The lowest BCUT2D eigenvalue weighted by Crippen LogP contribution is -2.41. The van der Waals surface area contributed by atoms with Gasteiger partial charge in [0, 0.05) is 20.2 Å². The Bertz CT molecular complexity index is 1450. The topological polar surface area (TPSA) is 18.5 Å². The van der Waals surface area contributed by atoms with E-state index in [1.54, 1.807) is 0 Å². The van der Waals surface area contributed by atoms with E-state index in [1.165, 1.54) is 41.7 Å². The van der Waals surface area contributed by atoms with Crippen molar-refractivity contribution in [3.05, 3.63) is 66.7 Å². The van der Waals surface area contributed by atoms with Gasteiger partial charge in [-0.1, -0.05) is 54.6 Å². The quantitative estimate of drug-likeness (QED) is 0.288. The first-order valence-corrected chi connectivity index (χ1v) is 11.3. The van der Waals surface area contributed by atoms with Gasteiger partial charge >= 0.3 is 7.12 Å². The van der Waals surface area contributed by atoms with E-state index in [1.807, 2.05) is 11.3 Å². The fourth-order valence-electron chi connectivity index (χ4n) is 4.48. The molecule has 4 heteroatoms. The van der Waals surface area contributed by atoms with Gasteiger partial charge in [0.1, 0.15) is 0 Å². The first-order valence-electron chi connectivity index (χ1n) is 10.5. The van der Waals surface area contributed by atoms with Crippen molar-refractivity contribution in [2.75, 3.05) is 0 Å². The molecule has 0 unspecified atom stereocenters. The molecule has 30 heavy (non-hydrogen) atoms. The summed E-state index contributed by atoms with van der Waals surface area (Å²) in [6.07, 6.45) is 0. The monoisotopic (exact) mass is 410 g/mol. The average molecular weight is 410 g/mol. The smallest absolute Gasteiger partial charge is 0.399 e. The molecule has 2 heterocycles. The van der Waals surface area contributed by atoms with Crippen LogP contribution in [0.15, 0.2) is 66.7 Å². The van der Waals surface area contributed by atoms with Crippen molar-refractivity contribution in [2.45, 2.75) is 38.9 Å². The fraction of sp³-hybridized carbons (Fsp3) is 0.231. The Kier molecular flexibility index (Phi) is 3.72. The largest absolute Gasteiger partial charge is 0.495 e. The Balaban J connectivity index is 1.68. The van der Waals surface area contributed by atoms with Crippen LogP contribution in [0.2, 0.25) is 0 Å². The van der Waals surface area contributed by atoms with Crippen LogP contribution in [0.1, 0.15) is 27.7 Å². The Morgan fingerprint density at radius 2 is 1.27 bits per heavy atom. The maximum Gasteiger partial charge on any atom is 0.495 e. The fourth-order valence-corrected chi connectivity index (χ4v) is 5.73. The van der Waals surface area contributed by atoms with Gasteiger partial charge < -0.3 is 9.31 Å². The molecule has 5 aromatic rings. The van der Waals surface area contributed by atoms with Gasteiger partial charge in [0.15, 0.2) is 0 Å². The van der Waals surface area contributed by atoms with Gasteiger partial charge in [0.2, 0.25) is 0 Å². The third kappa shape index (κ3) is 2.51. The maximum absolute atomic E-state index is 6.45. The van der Waals surface area contributed by atoms with Crippen molar-refractivity contribution in [1.82, 2.24) is 0 Å². The van der Waals surface area contributed by atoms with Crippen LogP contribution < -0.4 is 5.46 Å². The highest BCUT2D eigenvalue weighted by atomic mass is 32.1. The zero-order valence-electron chi connectivity index (χ0n) is 17.7. The molecule has 4 aromatic carbocycles. The lowest BCUT2D eigenvalue weighted by atomic mass is 9.75. The predicted molar refractivity (Wildman–Crippen MR) is 130 cm³/mol. The van der Waals surface area contributed by atoms with E-state index < -0.39 is 0 Å². The third-order valence-corrected chi connectivity index (χ3v) is 8.09. The van der Waals surface area contributed by atoms with Gasteiger partial charge in [-0.3, -0.25) is 0 Å². The van der Waals surface area contributed by atoms with Crippen molar-refractivity contribution in [3.8, 4) is 0 Å². The summed E-state index contributed by atoms with van der Waals surface area (Å²) in [6.45, 7) is 8.44. The second-order valence-electron chi connectivity index (χ2n) is 9.27. The molecule has 1 aliphatic heterocycles. The summed E-state index contributed by atoms with van der Waals surface area (Å²) in [7, 11) is -0.375. The molecule has 0 radical (unpaired) electrons. The zero-order chi connectivity index (χ0) is 20.7. The molecule has 2 nitrogen and oxygen atoms in total. The van der Waals surface area contributed by atoms with Gasteiger partial charge in [-0.25, -0.2) is 0 Å². The second kappa shape index (κ2) is 6.07. The van der Waals surface area contributed by atoms with Gasteiger partial charge in [0.05, 0.1) is 11.2 Å². The van der Waals surface area contributed by atoms with Crippen LogP contribution in [-0.2, 0) is 9.31 Å². The number of rotatable bonds is 1. The van der Waals surface area contributed by atoms with Crippen LogP contribution in [0.25, 0.3) is 41.7 Å². The van der Waals surface area contributed by atoms with Crippen molar-refractivity contribution < 1.29 is 9.31 Å². The van der Waals surface area contributed by atoms with Crippen LogP contribution in [-0.4, -0.2) is 18.3 Å². The van der Waals surface area contributed by atoms with Crippen LogP contribution in [0.5, 0.6) is 0 Å². The van der Waals surface area contributed by atoms with Gasteiger partial charge in [-0.2, -0.15) is 0 Å². The normalized spacial score (nSPS) is 18.2. The molecule has 1 fully saturated rings. The standard InChI is InChI=1S/C26H23BO2S/c1-25(2)26(3,4)29-27(28-25)22-15-21-20-13-16-9-5-6-10-17(16)14-23(20)30-24(21)19-12-8-7-11-18(19)22/h5-15H,1-4H3. The SMILES string of the molecule is CC1(C)OB(c2cc3c4cc5ccccc5cc4sc3c3ccccc23)OC1(C)C. The van der Waals surface area contributed by atoms with Crippen LogP contribution in [0.3, 0.4) is 0 Å². The van der Waals surface area contributed by atoms with E-state index in [0.717, 1.165) is 5.46 Å². The van der Waals surface area contributed by atoms with Gasteiger partial charge in [-0.05, 0) is 66.8 Å². The predicted octanol–water partition coefficient (Wildman–Crippen LogP) is 6.66. The Morgan fingerprint density at radius 1 is 0.667 bits per heavy atom. The lowest BCUT2D eigenvalue weighted by molar-refractivity contribution is 0.00578. The summed E-state index contributed by atoms with van der Waals surface area (Å²) in [4.78, 5) is 0. The lowest BCUT2D eigenvalue weighted by Gasteiger charge is -2.32. The van der Waals surface area contributed by atoms with E-state index in [0.29, 0.717) is 0 Å². The summed E-state index contributed by atoms with van der Waals surface area (Å²) in [5, 5.41) is 7.62. The summed E-state index contributed by atoms with van der Waals surface area (Å²) in [5.41, 5.74) is 0.394. The van der Waals surface area contributed by atoms with Crippen LogP contribution >= 0.6 is 11.3 Å². The number of fused-ring (bicyclic) bond motifs is 6.